The highest BCUT2D eigenvalue weighted by atomic mass is 16.2. The van der Waals surface area contributed by atoms with Gasteiger partial charge in [0.25, 0.3) is 5.91 Å². The SMILES string of the molecule is CCC(C(=O)N1CCC(NC(=O)CNC(=O)c2ccc(C(C)(C)C)cc2)CC1)c1ccccc1. The smallest absolute Gasteiger partial charge is 0.251 e. The van der Waals surface area contributed by atoms with Crippen LogP contribution in [0.25, 0.3) is 0 Å². The molecule has 6 nitrogen and oxygen atoms in total. The molecule has 1 fully saturated rings. The average Bonchev–Trinajstić information content (AvgIpc) is 2.83. The van der Waals surface area contributed by atoms with Crippen LogP contribution in [0.2, 0.25) is 0 Å². The number of carbonyl (C=O) groups excluding carboxylic acids is 3. The predicted octanol–water partition coefficient (Wildman–Crippen LogP) is 4.01. The zero-order chi connectivity index (χ0) is 24.7. The average molecular weight is 464 g/mol. The van der Waals surface area contributed by atoms with Crippen LogP contribution < -0.4 is 10.6 Å². The third kappa shape index (κ3) is 6.69. The molecule has 0 spiro atoms. The summed E-state index contributed by atoms with van der Waals surface area (Å²) in [6.07, 6.45) is 2.19. The lowest BCUT2D eigenvalue weighted by molar-refractivity contribution is -0.134. The van der Waals surface area contributed by atoms with Gasteiger partial charge in [-0.05, 0) is 47.9 Å². The molecule has 0 aromatic heterocycles. The third-order valence-corrected chi connectivity index (χ3v) is 6.50. The van der Waals surface area contributed by atoms with Crippen LogP contribution in [-0.2, 0) is 15.0 Å². The van der Waals surface area contributed by atoms with Crippen LogP contribution in [0.3, 0.4) is 0 Å². The molecule has 2 aromatic carbocycles. The van der Waals surface area contributed by atoms with E-state index in [2.05, 4.69) is 31.4 Å². The monoisotopic (exact) mass is 463 g/mol. The molecule has 0 saturated carbocycles. The number of hydrogen-bond acceptors (Lipinski definition) is 3. The highest BCUT2D eigenvalue weighted by Crippen LogP contribution is 2.24. The van der Waals surface area contributed by atoms with Gasteiger partial charge in [0.15, 0.2) is 0 Å². The summed E-state index contributed by atoms with van der Waals surface area (Å²) in [5, 5.41) is 5.70. The molecule has 1 atom stereocenters. The maximum Gasteiger partial charge on any atom is 0.251 e. The van der Waals surface area contributed by atoms with Crippen molar-refractivity contribution in [2.24, 2.45) is 0 Å². The number of carbonyl (C=O) groups is 3. The number of rotatable bonds is 7. The molecule has 1 aliphatic heterocycles. The zero-order valence-electron chi connectivity index (χ0n) is 20.8. The van der Waals surface area contributed by atoms with Crippen molar-refractivity contribution in [3.63, 3.8) is 0 Å². The molecule has 34 heavy (non-hydrogen) atoms. The van der Waals surface area contributed by atoms with Crippen molar-refractivity contribution in [2.75, 3.05) is 19.6 Å². The van der Waals surface area contributed by atoms with Gasteiger partial charge in [0.2, 0.25) is 11.8 Å². The highest BCUT2D eigenvalue weighted by Gasteiger charge is 2.28. The molecule has 6 heteroatoms. The topological polar surface area (TPSA) is 78.5 Å². The van der Waals surface area contributed by atoms with Gasteiger partial charge in [-0.2, -0.15) is 0 Å². The summed E-state index contributed by atoms with van der Waals surface area (Å²) in [5.41, 5.74) is 2.76. The fourth-order valence-corrected chi connectivity index (χ4v) is 4.37. The van der Waals surface area contributed by atoms with Crippen molar-refractivity contribution in [1.29, 1.82) is 0 Å². The van der Waals surface area contributed by atoms with E-state index in [0.717, 1.165) is 17.5 Å². The first kappa shape index (κ1) is 25.5. The van der Waals surface area contributed by atoms with Crippen LogP contribution in [0.4, 0.5) is 0 Å². The van der Waals surface area contributed by atoms with Crippen molar-refractivity contribution < 1.29 is 14.4 Å². The van der Waals surface area contributed by atoms with Gasteiger partial charge in [-0.15, -0.1) is 0 Å². The Morgan fingerprint density at radius 2 is 1.59 bits per heavy atom. The van der Waals surface area contributed by atoms with Crippen molar-refractivity contribution in [2.45, 2.75) is 64.3 Å². The van der Waals surface area contributed by atoms with E-state index in [9.17, 15) is 14.4 Å². The van der Waals surface area contributed by atoms with Gasteiger partial charge in [-0.1, -0.05) is 70.2 Å². The summed E-state index contributed by atoms with van der Waals surface area (Å²) >= 11 is 0. The second-order valence-electron chi connectivity index (χ2n) is 10.0. The van der Waals surface area contributed by atoms with Crippen LogP contribution in [-0.4, -0.2) is 48.3 Å². The Hall–Kier alpha value is -3.15. The summed E-state index contributed by atoms with van der Waals surface area (Å²) < 4.78 is 0. The van der Waals surface area contributed by atoms with Gasteiger partial charge in [0.05, 0.1) is 12.5 Å². The summed E-state index contributed by atoms with van der Waals surface area (Å²) in [4.78, 5) is 39.7. The van der Waals surface area contributed by atoms with Crippen molar-refractivity contribution in [3.8, 4) is 0 Å². The molecule has 182 valence electrons. The van der Waals surface area contributed by atoms with Crippen molar-refractivity contribution in [1.82, 2.24) is 15.5 Å². The second-order valence-corrected chi connectivity index (χ2v) is 10.0. The molecule has 1 aliphatic rings. The lowest BCUT2D eigenvalue weighted by atomic mass is 9.87. The fraction of sp³-hybridized carbons (Fsp3) is 0.464. The Kier molecular flexibility index (Phi) is 8.48. The van der Waals surface area contributed by atoms with Gasteiger partial charge in [-0.3, -0.25) is 14.4 Å². The maximum absolute atomic E-state index is 13.0. The highest BCUT2D eigenvalue weighted by molar-refractivity contribution is 5.96. The summed E-state index contributed by atoms with van der Waals surface area (Å²) in [5.74, 6) is -0.439. The van der Waals surface area contributed by atoms with E-state index in [4.69, 9.17) is 0 Å². The molecule has 0 radical (unpaired) electrons. The Labute approximate surface area is 203 Å². The number of amides is 3. The first-order valence-corrected chi connectivity index (χ1v) is 12.2. The van der Waals surface area contributed by atoms with E-state index in [-0.39, 0.29) is 41.6 Å². The predicted molar refractivity (Wildman–Crippen MR) is 135 cm³/mol. The normalized spacial score (nSPS) is 15.5. The molecule has 3 rings (SSSR count). The molecule has 0 aliphatic carbocycles. The molecule has 1 unspecified atom stereocenters. The lowest BCUT2D eigenvalue weighted by Gasteiger charge is -2.34. The van der Waals surface area contributed by atoms with E-state index < -0.39 is 0 Å². The van der Waals surface area contributed by atoms with Gasteiger partial charge >= 0.3 is 0 Å². The minimum absolute atomic E-state index is 0.0105. The molecule has 1 saturated heterocycles. The molecule has 1 heterocycles. The largest absolute Gasteiger partial charge is 0.352 e. The second kappa shape index (κ2) is 11.3. The van der Waals surface area contributed by atoms with E-state index in [1.807, 2.05) is 54.3 Å². The van der Waals surface area contributed by atoms with E-state index in [0.29, 0.717) is 31.5 Å². The number of piperidine rings is 1. The molecule has 2 aromatic rings. The summed E-state index contributed by atoms with van der Waals surface area (Å²) in [6, 6.07) is 17.4. The minimum Gasteiger partial charge on any atom is -0.352 e. The Morgan fingerprint density at radius 1 is 0.971 bits per heavy atom. The number of benzene rings is 2. The number of likely N-dealkylation sites (tertiary alicyclic amines) is 1. The fourth-order valence-electron chi connectivity index (χ4n) is 4.37. The van der Waals surface area contributed by atoms with Gasteiger partial charge in [-0.25, -0.2) is 0 Å². The number of nitrogens with zero attached hydrogens (tertiary/aromatic N) is 1. The Balaban J connectivity index is 1.43. The van der Waals surface area contributed by atoms with E-state index >= 15 is 0 Å². The number of hydrogen-bond donors (Lipinski definition) is 2. The summed E-state index contributed by atoms with van der Waals surface area (Å²) in [7, 11) is 0. The van der Waals surface area contributed by atoms with Crippen molar-refractivity contribution >= 4 is 17.7 Å². The van der Waals surface area contributed by atoms with Crippen LogP contribution in [0.15, 0.2) is 54.6 Å². The van der Waals surface area contributed by atoms with Crippen LogP contribution in [0.5, 0.6) is 0 Å². The number of nitrogens with one attached hydrogen (secondary N) is 2. The van der Waals surface area contributed by atoms with Crippen LogP contribution in [0.1, 0.15) is 74.4 Å². The van der Waals surface area contributed by atoms with Crippen LogP contribution >= 0.6 is 0 Å². The van der Waals surface area contributed by atoms with Gasteiger partial charge in [0.1, 0.15) is 0 Å². The maximum atomic E-state index is 13.0. The first-order chi connectivity index (χ1) is 16.2. The van der Waals surface area contributed by atoms with Gasteiger partial charge in [0, 0.05) is 24.7 Å². The molecular formula is C28H37N3O3. The first-order valence-electron chi connectivity index (χ1n) is 12.2. The molecular weight excluding hydrogens is 426 g/mol. The van der Waals surface area contributed by atoms with E-state index in [1.165, 1.54) is 0 Å². The zero-order valence-corrected chi connectivity index (χ0v) is 20.8. The quantitative estimate of drug-likeness (QED) is 0.651. The van der Waals surface area contributed by atoms with Gasteiger partial charge < -0.3 is 15.5 Å². The Morgan fingerprint density at radius 3 is 2.15 bits per heavy atom. The minimum atomic E-state index is -0.262. The molecule has 3 amide bonds. The van der Waals surface area contributed by atoms with Crippen LogP contribution in [0, 0.1) is 0 Å². The third-order valence-electron chi connectivity index (χ3n) is 6.50. The Bertz CT molecular complexity index is 972. The molecule has 2 N–H and O–H groups in total. The lowest BCUT2D eigenvalue weighted by Crippen LogP contribution is -2.49. The van der Waals surface area contributed by atoms with E-state index in [1.54, 1.807) is 12.1 Å². The summed E-state index contributed by atoms with van der Waals surface area (Å²) in [6.45, 7) is 9.59. The molecule has 0 bridgehead atoms. The van der Waals surface area contributed by atoms with Crippen molar-refractivity contribution in [3.05, 3.63) is 71.3 Å². The standard InChI is InChI=1S/C28H37N3O3/c1-5-24(20-9-7-6-8-10-20)27(34)31-17-15-23(16-18-31)30-25(32)19-29-26(33)21-11-13-22(14-12-21)28(2,3)4/h6-14,23-24H,5,15-19H2,1-4H3,(H,29,33)(H,30,32).